The maximum absolute atomic E-state index is 13.9. The number of nitrogens with zero attached hydrogens (tertiary/aromatic N) is 4. The van der Waals surface area contributed by atoms with E-state index < -0.39 is 0 Å². The van der Waals surface area contributed by atoms with E-state index in [0.29, 0.717) is 16.3 Å². The van der Waals surface area contributed by atoms with E-state index >= 15 is 0 Å². The van der Waals surface area contributed by atoms with Gasteiger partial charge in [0.15, 0.2) is 5.16 Å². The van der Waals surface area contributed by atoms with E-state index in [4.69, 9.17) is 16.3 Å². The van der Waals surface area contributed by atoms with Gasteiger partial charge in [-0.05, 0) is 36.4 Å². The zero-order valence-electron chi connectivity index (χ0n) is 14.0. The molecule has 0 atom stereocenters. The molecule has 3 aromatic rings. The van der Waals surface area contributed by atoms with Crippen molar-refractivity contribution < 1.29 is 9.13 Å². The standard InChI is InChI=1S/C18H16ClFN4OS/c1-25-13-7-5-12(6-8-13)23-9-10-24-17(23)21-22-18(24)26-11-14-15(19)3-2-4-16(14)20/h2-8H,9-11H2,1H3. The van der Waals surface area contributed by atoms with Crippen molar-refractivity contribution in [1.82, 2.24) is 14.8 Å². The zero-order valence-corrected chi connectivity index (χ0v) is 15.6. The summed E-state index contributed by atoms with van der Waals surface area (Å²) >= 11 is 7.54. The van der Waals surface area contributed by atoms with E-state index in [1.165, 1.54) is 17.8 Å². The smallest absolute Gasteiger partial charge is 0.232 e. The summed E-state index contributed by atoms with van der Waals surface area (Å²) in [6.45, 7) is 1.59. The normalized spacial score (nSPS) is 13.1. The minimum absolute atomic E-state index is 0.300. The minimum atomic E-state index is -0.300. The highest BCUT2D eigenvalue weighted by Crippen LogP contribution is 2.34. The third-order valence-electron chi connectivity index (χ3n) is 4.28. The molecule has 1 aromatic heterocycles. The average molecular weight is 391 g/mol. The average Bonchev–Trinajstić information content (AvgIpc) is 3.24. The van der Waals surface area contributed by atoms with E-state index in [-0.39, 0.29) is 5.82 Å². The molecule has 4 rings (SSSR count). The Morgan fingerprint density at radius 2 is 1.96 bits per heavy atom. The summed E-state index contributed by atoms with van der Waals surface area (Å²) in [5.41, 5.74) is 1.52. The number of methoxy groups -OCH3 is 1. The van der Waals surface area contributed by atoms with Crippen LogP contribution in [0.15, 0.2) is 47.6 Å². The molecule has 0 unspecified atom stereocenters. The van der Waals surface area contributed by atoms with Gasteiger partial charge >= 0.3 is 0 Å². The molecule has 0 N–H and O–H groups in total. The Balaban J connectivity index is 1.53. The van der Waals surface area contributed by atoms with E-state index in [2.05, 4.69) is 15.1 Å². The fourth-order valence-corrected chi connectivity index (χ4v) is 4.20. The van der Waals surface area contributed by atoms with Crippen LogP contribution in [0.2, 0.25) is 5.02 Å². The van der Waals surface area contributed by atoms with Gasteiger partial charge in [0, 0.05) is 35.1 Å². The van der Waals surface area contributed by atoms with Crippen LogP contribution in [0, 0.1) is 5.82 Å². The highest BCUT2D eigenvalue weighted by molar-refractivity contribution is 7.98. The Hall–Kier alpha value is -2.25. The monoisotopic (exact) mass is 390 g/mol. The van der Waals surface area contributed by atoms with Crippen molar-refractivity contribution in [3.05, 3.63) is 58.9 Å². The van der Waals surface area contributed by atoms with Crippen molar-refractivity contribution >= 4 is 35.0 Å². The first-order valence-corrected chi connectivity index (χ1v) is 9.44. The third kappa shape index (κ3) is 3.12. The van der Waals surface area contributed by atoms with Crippen LogP contribution in [0.1, 0.15) is 5.56 Å². The molecule has 2 heterocycles. The van der Waals surface area contributed by atoms with Crippen molar-refractivity contribution in [2.45, 2.75) is 17.5 Å². The minimum Gasteiger partial charge on any atom is -0.497 e. The summed E-state index contributed by atoms with van der Waals surface area (Å²) < 4.78 is 21.2. The van der Waals surface area contributed by atoms with Gasteiger partial charge in [0.1, 0.15) is 11.6 Å². The zero-order chi connectivity index (χ0) is 18.1. The number of aromatic nitrogens is 3. The lowest BCUT2D eigenvalue weighted by Crippen LogP contribution is -2.14. The second-order valence-corrected chi connectivity index (χ2v) is 7.12. The van der Waals surface area contributed by atoms with Gasteiger partial charge < -0.3 is 9.64 Å². The molecular formula is C18H16ClFN4OS. The van der Waals surface area contributed by atoms with Gasteiger partial charge in [-0.3, -0.25) is 4.57 Å². The fourth-order valence-electron chi connectivity index (χ4n) is 2.90. The topological polar surface area (TPSA) is 43.2 Å². The van der Waals surface area contributed by atoms with Gasteiger partial charge in [-0.25, -0.2) is 4.39 Å². The molecule has 0 saturated carbocycles. The Morgan fingerprint density at radius 1 is 1.15 bits per heavy atom. The molecule has 0 saturated heterocycles. The number of hydrogen-bond donors (Lipinski definition) is 0. The van der Waals surface area contributed by atoms with Crippen molar-refractivity contribution in [2.24, 2.45) is 0 Å². The molecule has 0 bridgehead atoms. The summed E-state index contributed by atoms with van der Waals surface area (Å²) in [4.78, 5) is 2.10. The second kappa shape index (κ2) is 7.17. The molecule has 2 aromatic carbocycles. The van der Waals surface area contributed by atoms with Crippen LogP contribution in [-0.4, -0.2) is 28.4 Å². The molecule has 0 fully saturated rings. The Morgan fingerprint density at radius 3 is 2.69 bits per heavy atom. The lowest BCUT2D eigenvalue weighted by Gasteiger charge is -2.15. The Kier molecular flexibility index (Phi) is 4.74. The summed E-state index contributed by atoms with van der Waals surface area (Å²) in [5, 5.41) is 9.77. The Bertz CT molecular complexity index is 911. The number of halogens is 2. The van der Waals surface area contributed by atoms with Gasteiger partial charge in [-0.1, -0.05) is 29.4 Å². The number of fused-ring (bicyclic) bond motifs is 1. The van der Waals surface area contributed by atoms with Gasteiger partial charge in [0.05, 0.1) is 7.11 Å². The molecular weight excluding hydrogens is 375 g/mol. The number of hydrogen-bond acceptors (Lipinski definition) is 5. The summed E-state index contributed by atoms with van der Waals surface area (Å²) in [6.07, 6.45) is 0. The van der Waals surface area contributed by atoms with Crippen LogP contribution in [0.5, 0.6) is 5.75 Å². The first kappa shape index (κ1) is 17.2. The molecule has 26 heavy (non-hydrogen) atoms. The summed E-state index contributed by atoms with van der Waals surface area (Å²) in [7, 11) is 1.65. The first-order valence-electron chi connectivity index (χ1n) is 8.08. The lowest BCUT2D eigenvalue weighted by molar-refractivity contribution is 0.415. The highest BCUT2D eigenvalue weighted by Gasteiger charge is 2.26. The number of anilines is 2. The van der Waals surface area contributed by atoms with E-state index in [9.17, 15) is 4.39 Å². The lowest BCUT2D eigenvalue weighted by atomic mass is 10.2. The van der Waals surface area contributed by atoms with Crippen LogP contribution in [0.3, 0.4) is 0 Å². The van der Waals surface area contributed by atoms with Crippen molar-refractivity contribution in [3.63, 3.8) is 0 Å². The predicted octanol–water partition coefficient (Wildman–Crippen LogP) is 4.52. The van der Waals surface area contributed by atoms with Gasteiger partial charge in [0.2, 0.25) is 5.95 Å². The van der Waals surface area contributed by atoms with Crippen molar-refractivity contribution in [2.75, 3.05) is 18.6 Å². The summed E-state index contributed by atoms with van der Waals surface area (Å²) in [6, 6.07) is 12.5. The van der Waals surface area contributed by atoms with Crippen LogP contribution in [-0.2, 0) is 12.3 Å². The van der Waals surface area contributed by atoms with Gasteiger partial charge in [-0.15, -0.1) is 10.2 Å². The van der Waals surface area contributed by atoms with E-state index in [1.54, 1.807) is 19.2 Å². The molecule has 8 heteroatoms. The molecule has 0 radical (unpaired) electrons. The molecule has 134 valence electrons. The van der Waals surface area contributed by atoms with Crippen LogP contribution in [0.4, 0.5) is 16.0 Å². The molecule has 0 aliphatic carbocycles. The maximum Gasteiger partial charge on any atom is 0.232 e. The van der Waals surface area contributed by atoms with Crippen LogP contribution >= 0.6 is 23.4 Å². The largest absolute Gasteiger partial charge is 0.497 e. The van der Waals surface area contributed by atoms with Crippen LogP contribution < -0.4 is 9.64 Å². The quantitative estimate of drug-likeness (QED) is 0.599. The number of rotatable bonds is 5. The fraction of sp³-hybridized carbons (Fsp3) is 0.222. The highest BCUT2D eigenvalue weighted by atomic mass is 35.5. The predicted molar refractivity (Wildman–Crippen MR) is 101 cm³/mol. The molecule has 5 nitrogen and oxygen atoms in total. The van der Waals surface area contributed by atoms with Crippen molar-refractivity contribution in [1.29, 1.82) is 0 Å². The van der Waals surface area contributed by atoms with Gasteiger partial charge in [-0.2, -0.15) is 0 Å². The maximum atomic E-state index is 13.9. The molecule has 0 amide bonds. The molecule has 1 aliphatic heterocycles. The summed E-state index contributed by atoms with van der Waals surface area (Å²) in [5.74, 6) is 1.71. The second-order valence-electron chi connectivity index (χ2n) is 5.77. The Labute approximate surface area is 159 Å². The SMILES string of the molecule is COc1ccc(N2CCn3c(SCc4c(F)cccc4Cl)nnc32)cc1. The molecule has 1 aliphatic rings. The number of benzene rings is 2. The van der Waals surface area contributed by atoms with Gasteiger partial charge in [0.25, 0.3) is 0 Å². The van der Waals surface area contributed by atoms with Crippen molar-refractivity contribution in [3.8, 4) is 5.75 Å². The number of thioether (sulfide) groups is 1. The van der Waals surface area contributed by atoms with E-state index in [1.807, 2.05) is 28.8 Å². The molecule has 0 spiro atoms. The van der Waals surface area contributed by atoms with Crippen LogP contribution in [0.25, 0.3) is 0 Å². The third-order valence-corrected chi connectivity index (χ3v) is 5.62. The number of ether oxygens (including phenoxy) is 1. The van der Waals surface area contributed by atoms with E-state index in [0.717, 1.165) is 35.6 Å². The first-order chi connectivity index (χ1) is 12.7.